The first-order valence-corrected chi connectivity index (χ1v) is 9.42. The third kappa shape index (κ3) is 7.48. The van der Waals surface area contributed by atoms with Crippen LogP contribution in [-0.4, -0.2) is 45.8 Å². The fraction of sp³-hybridized carbons (Fsp3) is 0.550. The largest absolute Gasteiger partial charge is 0.357 e. The molecule has 0 saturated carbocycles. The van der Waals surface area contributed by atoms with Gasteiger partial charge in [-0.05, 0) is 36.8 Å². The van der Waals surface area contributed by atoms with Gasteiger partial charge in [0.1, 0.15) is 12.2 Å². The molecule has 1 aromatic heterocycles. The molecule has 0 aliphatic carbocycles. The summed E-state index contributed by atoms with van der Waals surface area (Å²) in [5, 5.41) is 7.47. The van der Waals surface area contributed by atoms with Crippen molar-refractivity contribution < 1.29 is 0 Å². The van der Waals surface area contributed by atoms with Crippen molar-refractivity contribution in [1.29, 1.82) is 0 Å². The Hall–Kier alpha value is -1.64. The monoisotopic (exact) mass is 484 g/mol. The third-order valence-corrected chi connectivity index (χ3v) is 4.41. The van der Waals surface area contributed by atoms with E-state index in [4.69, 9.17) is 4.99 Å². The van der Waals surface area contributed by atoms with E-state index in [2.05, 4.69) is 65.3 Å². The Balaban J connectivity index is 0.00000364. The third-order valence-electron chi connectivity index (χ3n) is 4.41. The Labute approximate surface area is 180 Å². The molecule has 2 aromatic rings. The number of nitrogens with one attached hydrogen (secondary N) is 1. The highest BCUT2D eigenvalue weighted by atomic mass is 127. The summed E-state index contributed by atoms with van der Waals surface area (Å²) in [7, 11) is 3.94. The molecule has 0 spiro atoms. The SMILES string of the molecule is CCNC(=NCCCc1ccc(C(C)C)cc1)N(C)Cc1ncnn1C.I. The highest BCUT2D eigenvalue weighted by Crippen LogP contribution is 2.15. The Morgan fingerprint density at radius 2 is 1.96 bits per heavy atom. The van der Waals surface area contributed by atoms with Gasteiger partial charge in [0.25, 0.3) is 0 Å². The zero-order valence-electron chi connectivity index (χ0n) is 17.1. The standard InChI is InChI=1S/C20H32N6.HI/c1-6-21-20(25(4)14-19-23-15-24-26(19)5)22-13-7-8-17-9-11-18(12-10-17)16(2)3;/h9-12,15-16H,6-8,13-14H2,1-5H3,(H,21,22);1H. The molecule has 1 heterocycles. The van der Waals surface area contributed by atoms with Crippen molar-refractivity contribution in [3.63, 3.8) is 0 Å². The average Bonchev–Trinajstić information content (AvgIpc) is 3.02. The highest BCUT2D eigenvalue weighted by Gasteiger charge is 2.09. The molecular formula is C20H33IN6. The predicted molar refractivity (Wildman–Crippen MR) is 123 cm³/mol. The van der Waals surface area contributed by atoms with Gasteiger partial charge >= 0.3 is 0 Å². The molecule has 6 nitrogen and oxygen atoms in total. The van der Waals surface area contributed by atoms with Crippen LogP contribution in [0.15, 0.2) is 35.6 Å². The second-order valence-corrected chi connectivity index (χ2v) is 6.89. The number of hydrogen-bond donors (Lipinski definition) is 1. The molecule has 0 radical (unpaired) electrons. The van der Waals surface area contributed by atoms with E-state index in [1.165, 1.54) is 11.1 Å². The summed E-state index contributed by atoms with van der Waals surface area (Å²) >= 11 is 0. The van der Waals surface area contributed by atoms with Crippen LogP contribution in [0.1, 0.15) is 50.1 Å². The van der Waals surface area contributed by atoms with Gasteiger partial charge in [0.2, 0.25) is 0 Å². The normalized spacial score (nSPS) is 11.4. The molecule has 0 bridgehead atoms. The maximum absolute atomic E-state index is 4.76. The number of rotatable bonds is 8. The Morgan fingerprint density at radius 3 is 2.52 bits per heavy atom. The summed E-state index contributed by atoms with van der Waals surface area (Å²) in [5.41, 5.74) is 2.77. The van der Waals surface area contributed by atoms with Crippen LogP contribution in [0.3, 0.4) is 0 Å². The first-order chi connectivity index (χ1) is 12.5. The second-order valence-electron chi connectivity index (χ2n) is 6.89. The number of guanidine groups is 1. The number of halogens is 1. The van der Waals surface area contributed by atoms with Gasteiger partial charge in [-0.3, -0.25) is 9.67 Å². The molecule has 0 atom stereocenters. The molecular weight excluding hydrogens is 451 g/mol. The van der Waals surface area contributed by atoms with E-state index in [-0.39, 0.29) is 24.0 Å². The van der Waals surface area contributed by atoms with Crippen LogP contribution in [0.4, 0.5) is 0 Å². The van der Waals surface area contributed by atoms with Crippen molar-refractivity contribution in [3.05, 3.63) is 47.5 Å². The number of aromatic nitrogens is 3. The molecule has 1 aromatic carbocycles. The van der Waals surface area contributed by atoms with Gasteiger partial charge in [-0.2, -0.15) is 5.10 Å². The molecule has 0 saturated heterocycles. The van der Waals surface area contributed by atoms with E-state index in [9.17, 15) is 0 Å². The summed E-state index contributed by atoms with van der Waals surface area (Å²) < 4.78 is 1.79. The van der Waals surface area contributed by atoms with Gasteiger partial charge in [-0.25, -0.2) is 4.98 Å². The lowest BCUT2D eigenvalue weighted by atomic mass is 10.0. The lowest BCUT2D eigenvalue weighted by Gasteiger charge is -2.21. The van der Waals surface area contributed by atoms with Crippen LogP contribution < -0.4 is 5.32 Å². The molecule has 27 heavy (non-hydrogen) atoms. The van der Waals surface area contributed by atoms with E-state index in [0.29, 0.717) is 12.5 Å². The van der Waals surface area contributed by atoms with Gasteiger partial charge in [-0.15, -0.1) is 24.0 Å². The molecule has 0 amide bonds. The van der Waals surface area contributed by atoms with Crippen LogP contribution in [0.25, 0.3) is 0 Å². The maximum atomic E-state index is 4.76. The van der Waals surface area contributed by atoms with E-state index in [0.717, 1.165) is 37.7 Å². The van der Waals surface area contributed by atoms with Gasteiger partial charge in [0.15, 0.2) is 5.96 Å². The van der Waals surface area contributed by atoms with Crippen LogP contribution in [0.2, 0.25) is 0 Å². The molecule has 2 rings (SSSR count). The smallest absolute Gasteiger partial charge is 0.194 e. The van der Waals surface area contributed by atoms with E-state index in [1.54, 1.807) is 11.0 Å². The minimum Gasteiger partial charge on any atom is -0.357 e. The topological polar surface area (TPSA) is 58.3 Å². The molecule has 0 unspecified atom stereocenters. The van der Waals surface area contributed by atoms with Crippen molar-refractivity contribution in [2.45, 2.75) is 46.1 Å². The van der Waals surface area contributed by atoms with Crippen molar-refractivity contribution >= 4 is 29.9 Å². The predicted octanol–water partition coefficient (Wildman–Crippen LogP) is 3.59. The molecule has 1 N–H and O–H groups in total. The summed E-state index contributed by atoms with van der Waals surface area (Å²) in [6.45, 7) is 8.87. The van der Waals surface area contributed by atoms with Crippen molar-refractivity contribution in [2.75, 3.05) is 20.1 Å². The van der Waals surface area contributed by atoms with Gasteiger partial charge < -0.3 is 10.2 Å². The van der Waals surface area contributed by atoms with Crippen molar-refractivity contribution in [2.24, 2.45) is 12.0 Å². The number of hydrogen-bond acceptors (Lipinski definition) is 3. The van der Waals surface area contributed by atoms with Crippen molar-refractivity contribution in [3.8, 4) is 0 Å². The number of nitrogens with zero attached hydrogens (tertiary/aromatic N) is 5. The Morgan fingerprint density at radius 1 is 1.26 bits per heavy atom. The summed E-state index contributed by atoms with van der Waals surface area (Å²) in [5.74, 6) is 2.41. The molecule has 0 fully saturated rings. The second kappa shape index (κ2) is 11.9. The molecule has 150 valence electrons. The number of benzene rings is 1. The quantitative estimate of drug-likeness (QED) is 0.269. The molecule has 0 aliphatic rings. The number of aliphatic imine (C=N–C) groups is 1. The van der Waals surface area contributed by atoms with Crippen LogP contribution >= 0.6 is 24.0 Å². The fourth-order valence-electron chi connectivity index (χ4n) is 2.76. The van der Waals surface area contributed by atoms with Crippen LogP contribution in [-0.2, 0) is 20.0 Å². The van der Waals surface area contributed by atoms with Crippen molar-refractivity contribution in [1.82, 2.24) is 25.0 Å². The minimum atomic E-state index is 0. The zero-order valence-corrected chi connectivity index (χ0v) is 19.5. The lowest BCUT2D eigenvalue weighted by Crippen LogP contribution is -2.39. The minimum absolute atomic E-state index is 0. The Bertz CT molecular complexity index is 693. The Kier molecular flexibility index (Phi) is 10.4. The first-order valence-electron chi connectivity index (χ1n) is 9.42. The molecule has 0 aliphatic heterocycles. The summed E-state index contributed by atoms with van der Waals surface area (Å²) in [6.07, 6.45) is 3.67. The fourth-order valence-corrected chi connectivity index (χ4v) is 2.76. The zero-order chi connectivity index (χ0) is 18.9. The first kappa shape index (κ1) is 23.4. The molecule has 7 heteroatoms. The average molecular weight is 484 g/mol. The maximum Gasteiger partial charge on any atom is 0.194 e. The van der Waals surface area contributed by atoms with E-state index >= 15 is 0 Å². The van der Waals surface area contributed by atoms with Gasteiger partial charge in [-0.1, -0.05) is 38.1 Å². The summed E-state index contributed by atoms with van der Waals surface area (Å²) in [6, 6.07) is 8.96. The summed E-state index contributed by atoms with van der Waals surface area (Å²) in [4.78, 5) is 11.1. The van der Waals surface area contributed by atoms with Gasteiger partial charge in [0, 0.05) is 27.2 Å². The number of aryl methyl sites for hydroxylation is 2. The van der Waals surface area contributed by atoms with Gasteiger partial charge in [0.05, 0.1) is 6.54 Å². The highest BCUT2D eigenvalue weighted by molar-refractivity contribution is 14.0. The van der Waals surface area contributed by atoms with Crippen LogP contribution in [0, 0.1) is 0 Å². The van der Waals surface area contributed by atoms with E-state index in [1.807, 2.05) is 14.1 Å². The lowest BCUT2D eigenvalue weighted by molar-refractivity contribution is 0.448. The van der Waals surface area contributed by atoms with E-state index < -0.39 is 0 Å². The van der Waals surface area contributed by atoms with Crippen LogP contribution in [0.5, 0.6) is 0 Å².